The van der Waals surface area contributed by atoms with Gasteiger partial charge in [-0.3, -0.25) is 14.7 Å². The Bertz CT molecular complexity index is 731. The van der Waals surface area contributed by atoms with Gasteiger partial charge in [-0.05, 0) is 19.9 Å². The molecule has 1 aromatic carbocycles. The maximum Gasteiger partial charge on any atom is 0.393 e. The Morgan fingerprint density at radius 1 is 1.38 bits per heavy atom. The Kier molecular flexibility index (Phi) is 7.20. The van der Waals surface area contributed by atoms with E-state index in [4.69, 9.17) is 14.3 Å². The van der Waals surface area contributed by atoms with Gasteiger partial charge < -0.3 is 13.9 Å². The summed E-state index contributed by atoms with van der Waals surface area (Å²) in [6, 6.07) is 6.23. The number of carbonyl (C=O) groups is 1. The number of non-ortho nitro benzene ring substituents is 1. The first kappa shape index (κ1) is 19.4. The third-order valence-electron chi connectivity index (χ3n) is 2.47. The Labute approximate surface area is 137 Å². The molecule has 0 spiro atoms. The van der Waals surface area contributed by atoms with Gasteiger partial charge in [-0.1, -0.05) is 11.2 Å². The summed E-state index contributed by atoms with van der Waals surface area (Å²) >= 11 is 0. The van der Waals surface area contributed by atoms with Crippen molar-refractivity contribution in [2.24, 2.45) is 5.16 Å². The lowest BCUT2D eigenvalue weighted by Gasteiger charge is -2.13. The van der Waals surface area contributed by atoms with E-state index in [9.17, 15) is 19.5 Å². The molecule has 11 heteroatoms. The first-order valence-corrected chi connectivity index (χ1v) is 8.25. The molecular weight excluding hydrogens is 341 g/mol. The van der Waals surface area contributed by atoms with Crippen molar-refractivity contribution in [2.75, 3.05) is 13.2 Å². The molecule has 0 aromatic heterocycles. The number of nitriles is 1. The van der Waals surface area contributed by atoms with Crippen molar-refractivity contribution in [3.63, 3.8) is 0 Å². The van der Waals surface area contributed by atoms with Gasteiger partial charge in [-0.2, -0.15) is 5.26 Å². The summed E-state index contributed by atoms with van der Waals surface area (Å²) in [5.74, 6) is -1.06. The number of nitro groups is 1. The third-order valence-corrected chi connectivity index (χ3v) is 4.36. The molecule has 1 aromatic rings. The SMILES string of the molecule is CCOP(=O)(OCC)/C(C#N)=N/OC(=O)c1cccc([N+](=O)[O-])c1. The maximum absolute atomic E-state index is 12.4. The van der Waals surface area contributed by atoms with Crippen molar-refractivity contribution in [2.45, 2.75) is 13.8 Å². The summed E-state index contributed by atoms with van der Waals surface area (Å²) in [6.07, 6.45) is 0. The lowest BCUT2D eigenvalue weighted by Crippen LogP contribution is -2.08. The quantitative estimate of drug-likeness (QED) is 0.228. The molecule has 0 unspecified atom stereocenters. The highest BCUT2D eigenvalue weighted by Gasteiger charge is 2.33. The largest absolute Gasteiger partial charge is 0.393 e. The van der Waals surface area contributed by atoms with Gasteiger partial charge in [0.15, 0.2) is 0 Å². The number of oxime groups is 1. The normalized spacial score (nSPS) is 11.6. The lowest BCUT2D eigenvalue weighted by atomic mass is 10.2. The van der Waals surface area contributed by atoms with Crippen LogP contribution in [0.2, 0.25) is 0 Å². The van der Waals surface area contributed by atoms with E-state index in [0.29, 0.717) is 0 Å². The van der Waals surface area contributed by atoms with Gasteiger partial charge >= 0.3 is 13.6 Å². The molecule has 0 N–H and O–H groups in total. The lowest BCUT2D eigenvalue weighted by molar-refractivity contribution is -0.384. The number of hydrogen-bond acceptors (Lipinski definition) is 9. The summed E-state index contributed by atoms with van der Waals surface area (Å²) in [7, 11) is -4.00. The number of carbonyl (C=O) groups excluding carboxylic acids is 1. The van der Waals surface area contributed by atoms with Crippen molar-refractivity contribution in [3.8, 4) is 6.07 Å². The molecule has 0 amide bonds. The van der Waals surface area contributed by atoms with Gasteiger partial charge in [0.2, 0.25) is 0 Å². The molecule has 0 aliphatic carbocycles. The van der Waals surface area contributed by atoms with Crippen LogP contribution in [0.25, 0.3) is 0 Å². The van der Waals surface area contributed by atoms with Crippen LogP contribution in [0.15, 0.2) is 29.4 Å². The first-order chi connectivity index (χ1) is 11.4. The van der Waals surface area contributed by atoms with Gasteiger partial charge in [-0.15, -0.1) is 0 Å². The Balaban J connectivity index is 3.01. The molecule has 0 aliphatic rings. The third kappa shape index (κ3) is 4.96. The van der Waals surface area contributed by atoms with E-state index in [1.54, 1.807) is 0 Å². The fraction of sp³-hybridized carbons (Fsp3) is 0.308. The molecule has 0 bridgehead atoms. The van der Waals surface area contributed by atoms with Crippen molar-refractivity contribution < 1.29 is 28.2 Å². The van der Waals surface area contributed by atoms with Crippen LogP contribution in [0.3, 0.4) is 0 Å². The van der Waals surface area contributed by atoms with E-state index in [1.165, 1.54) is 38.1 Å². The zero-order valence-corrected chi connectivity index (χ0v) is 13.8. The molecule has 0 radical (unpaired) electrons. The van der Waals surface area contributed by atoms with Crippen LogP contribution < -0.4 is 0 Å². The van der Waals surface area contributed by atoms with Crippen LogP contribution in [-0.2, 0) is 18.5 Å². The topological polar surface area (TPSA) is 141 Å². The second kappa shape index (κ2) is 8.88. The average molecular weight is 355 g/mol. The minimum Gasteiger partial charge on any atom is -0.311 e. The van der Waals surface area contributed by atoms with Crippen molar-refractivity contribution in [3.05, 3.63) is 39.9 Å². The molecule has 0 saturated heterocycles. The fourth-order valence-corrected chi connectivity index (χ4v) is 2.78. The monoisotopic (exact) mass is 355 g/mol. The van der Waals surface area contributed by atoms with Crippen LogP contribution in [0, 0.1) is 21.4 Å². The summed E-state index contributed by atoms with van der Waals surface area (Å²) in [4.78, 5) is 26.4. The molecule has 0 aliphatic heterocycles. The number of benzene rings is 1. The predicted octanol–water partition coefficient (Wildman–Crippen LogP) is 2.85. The Morgan fingerprint density at radius 3 is 2.50 bits per heavy atom. The molecule has 0 heterocycles. The van der Waals surface area contributed by atoms with E-state index in [2.05, 4.69) is 9.99 Å². The predicted molar refractivity (Wildman–Crippen MR) is 82.4 cm³/mol. The van der Waals surface area contributed by atoms with Crippen molar-refractivity contribution >= 4 is 24.7 Å². The number of nitro benzene ring substituents is 1. The summed E-state index contributed by atoms with van der Waals surface area (Å²) in [6.45, 7) is 3.04. The van der Waals surface area contributed by atoms with Crippen LogP contribution in [0.1, 0.15) is 24.2 Å². The number of rotatable bonds is 8. The van der Waals surface area contributed by atoms with Crippen LogP contribution in [0.5, 0.6) is 0 Å². The number of hydrogen-bond donors (Lipinski definition) is 0. The zero-order chi connectivity index (χ0) is 18.2. The molecular formula is C13H14N3O7P. The highest BCUT2D eigenvalue weighted by Crippen LogP contribution is 2.49. The molecule has 0 fully saturated rings. The van der Waals surface area contributed by atoms with E-state index in [-0.39, 0.29) is 24.5 Å². The van der Waals surface area contributed by atoms with Gasteiger partial charge in [0.1, 0.15) is 6.07 Å². The van der Waals surface area contributed by atoms with Crippen LogP contribution in [-0.4, -0.2) is 29.6 Å². The Hall–Kier alpha value is -2.60. The van der Waals surface area contributed by atoms with Crippen LogP contribution >= 0.6 is 7.60 Å². The molecule has 10 nitrogen and oxygen atoms in total. The summed E-state index contributed by atoms with van der Waals surface area (Å²) < 4.78 is 22.2. The Morgan fingerprint density at radius 2 is 2.00 bits per heavy atom. The highest BCUT2D eigenvalue weighted by atomic mass is 31.2. The highest BCUT2D eigenvalue weighted by molar-refractivity contribution is 7.73. The number of nitrogens with zero attached hydrogens (tertiary/aromatic N) is 3. The first-order valence-electron chi connectivity index (χ1n) is 6.71. The van der Waals surface area contributed by atoms with Gasteiger partial charge in [0.05, 0.1) is 23.7 Å². The van der Waals surface area contributed by atoms with Gasteiger partial charge in [0.25, 0.3) is 11.1 Å². The maximum atomic E-state index is 12.4. The second-order valence-electron chi connectivity index (χ2n) is 4.05. The fourth-order valence-electron chi connectivity index (χ4n) is 1.51. The minimum absolute atomic E-state index is 0.0171. The van der Waals surface area contributed by atoms with E-state index >= 15 is 0 Å². The van der Waals surface area contributed by atoms with E-state index in [0.717, 1.165) is 6.07 Å². The molecule has 24 heavy (non-hydrogen) atoms. The van der Waals surface area contributed by atoms with Gasteiger partial charge in [-0.25, -0.2) is 4.79 Å². The summed E-state index contributed by atoms with van der Waals surface area (Å²) in [5, 5.41) is 22.9. The minimum atomic E-state index is -4.00. The van der Waals surface area contributed by atoms with Crippen LogP contribution in [0.4, 0.5) is 5.69 Å². The van der Waals surface area contributed by atoms with E-state index < -0.39 is 23.9 Å². The average Bonchev–Trinajstić information content (AvgIpc) is 2.55. The van der Waals surface area contributed by atoms with Gasteiger partial charge in [0, 0.05) is 12.1 Å². The standard InChI is InChI=1S/C13H14N3O7P/c1-3-21-24(20,22-4-2)12(9-14)15-23-13(17)10-6-5-7-11(8-10)16(18)19/h5-8H,3-4H2,1-2H3/b15-12+. The molecule has 0 atom stereocenters. The molecule has 0 saturated carbocycles. The smallest absolute Gasteiger partial charge is 0.311 e. The zero-order valence-electron chi connectivity index (χ0n) is 12.9. The van der Waals surface area contributed by atoms with E-state index in [1.807, 2.05) is 0 Å². The second-order valence-corrected chi connectivity index (χ2v) is 5.98. The molecule has 128 valence electrons. The van der Waals surface area contributed by atoms with Crippen molar-refractivity contribution in [1.82, 2.24) is 0 Å². The molecule has 1 rings (SSSR count). The summed E-state index contributed by atoms with van der Waals surface area (Å²) in [5.41, 5.74) is -1.21. The van der Waals surface area contributed by atoms with Crippen molar-refractivity contribution in [1.29, 1.82) is 5.26 Å².